The number of ketones is 1. The molecule has 1 aromatic rings. The van der Waals surface area contributed by atoms with Crippen LogP contribution in [0.25, 0.3) is 0 Å². The first-order chi connectivity index (χ1) is 5.16. The van der Waals surface area contributed by atoms with Gasteiger partial charge in [-0.15, -0.1) is 6.42 Å². The lowest BCUT2D eigenvalue weighted by Gasteiger charge is -1.90. The normalized spacial score (nSPS) is 9.18. The molecule has 11 heavy (non-hydrogen) atoms. The number of carbonyl (C=O) groups is 1. The Labute approximate surface area is 77.9 Å². The number of hydrogen-bond acceptors (Lipinski definition) is 2. The zero-order valence-electron chi connectivity index (χ0n) is 5.84. The number of Topliss-reactive ketones (excluding diaryl/α,β-unsaturated/α-hetero) is 1. The summed E-state index contributed by atoms with van der Waals surface area (Å²) in [5.41, 5.74) is 0.496. The molecule has 0 bridgehead atoms. The van der Waals surface area contributed by atoms with E-state index in [1.807, 2.05) is 28.5 Å². The summed E-state index contributed by atoms with van der Waals surface area (Å²) in [4.78, 5) is 11.0. The Kier molecular flexibility index (Phi) is 2.29. The second-order valence-corrected chi connectivity index (χ2v) is 2.97. The van der Waals surface area contributed by atoms with E-state index in [2.05, 4.69) is 5.10 Å². The summed E-state index contributed by atoms with van der Waals surface area (Å²) in [5.74, 6) is 1.72. The van der Waals surface area contributed by atoms with Crippen molar-refractivity contribution in [2.45, 2.75) is 0 Å². The summed E-state index contributed by atoms with van der Waals surface area (Å²) in [5, 5.41) is 3.88. The minimum absolute atomic E-state index is 0.317. The first-order valence-electron chi connectivity index (χ1n) is 2.85. The maximum atomic E-state index is 11.0. The Morgan fingerprint density at radius 3 is 2.91 bits per heavy atom. The standard InChI is InChI=1S/C7H5IN2O/c1-3-6(11)5-4-9-10(2)7(5)8/h1,4H,2H3. The lowest BCUT2D eigenvalue weighted by Crippen LogP contribution is -1.98. The molecule has 1 rings (SSSR count). The molecule has 56 valence electrons. The minimum atomic E-state index is -0.317. The molecule has 4 heteroatoms. The summed E-state index contributed by atoms with van der Waals surface area (Å²) in [6.07, 6.45) is 6.42. The quantitative estimate of drug-likeness (QED) is 0.324. The minimum Gasteiger partial charge on any atom is -0.279 e. The van der Waals surface area contributed by atoms with Crippen LogP contribution in [0.15, 0.2) is 6.20 Å². The highest BCUT2D eigenvalue weighted by molar-refractivity contribution is 14.1. The van der Waals surface area contributed by atoms with Crippen LogP contribution >= 0.6 is 22.6 Å². The van der Waals surface area contributed by atoms with E-state index in [1.54, 1.807) is 11.7 Å². The number of hydrogen-bond donors (Lipinski definition) is 0. The zero-order chi connectivity index (χ0) is 8.43. The predicted octanol–water partition coefficient (Wildman–Crippen LogP) is 0.841. The van der Waals surface area contributed by atoms with Gasteiger partial charge in [-0.1, -0.05) is 0 Å². The van der Waals surface area contributed by atoms with Crippen molar-refractivity contribution in [2.75, 3.05) is 0 Å². The summed E-state index contributed by atoms with van der Waals surface area (Å²) in [7, 11) is 1.76. The molecule has 0 atom stereocenters. The Balaban J connectivity index is 3.17. The monoisotopic (exact) mass is 260 g/mol. The van der Waals surface area contributed by atoms with Crippen LogP contribution in [0, 0.1) is 16.0 Å². The predicted molar refractivity (Wildman–Crippen MR) is 49.1 cm³/mol. The summed E-state index contributed by atoms with van der Waals surface area (Å²) in [6.45, 7) is 0. The van der Waals surface area contributed by atoms with Crippen LogP contribution in [0.1, 0.15) is 10.4 Å². The Bertz CT molecular complexity index is 335. The highest BCUT2D eigenvalue weighted by Crippen LogP contribution is 2.10. The number of terminal acetylenes is 1. The molecule has 0 N–H and O–H groups in total. The maximum Gasteiger partial charge on any atom is 0.239 e. The van der Waals surface area contributed by atoms with Gasteiger partial charge in [0.05, 0.1) is 11.8 Å². The molecule has 0 radical (unpaired) electrons. The van der Waals surface area contributed by atoms with Gasteiger partial charge < -0.3 is 0 Å². The molecule has 1 aromatic heterocycles. The second kappa shape index (κ2) is 3.05. The lowest BCUT2D eigenvalue weighted by atomic mass is 10.2. The molecular weight excluding hydrogens is 255 g/mol. The van der Waals surface area contributed by atoms with E-state index in [-0.39, 0.29) is 5.78 Å². The number of aryl methyl sites for hydroxylation is 1. The summed E-state index contributed by atoms with van der Waals surface area (Å²) in [6, 6.07) is 0. The van der Waals surface area contributed by atoms with Gasteiger partial charge in [0, 0.05) is 7.05 Å². The fraction of sp³-hybridized carbons (Fsp3) is 0.143. The Morgan fingerprint density at radius 2 is 2.55 bits per heavy atom. The molecule has 0 fully saturated rings. The van der Waals surface area contributed by atoms with Gasteiger partial charge in [0.2, 0.25) is 5.78 Å². The molecular formula is C7H5IN2O. The van der Waals surface area contributed by atoms with E-state index in [0.717, 1.165) is 3.70 Å². The molecule has 3 nitrogen and oxygen atoms in total. The highest BCUT2D eigenvalue weighted by Gasteiger charge is 2.10. The van der Waals surface area contributed by atoms with Gasteiger partial charge in [0.15, 0.2) is 0 Å². The van der Waals surface area contributed by atoms with E-state index in [0.29, 0.717) is 5.56 Å². The summed E-state index contributed by atoms with van der Waals surface area (Å²) < 4.78 is 2.37. The third kappa shape index (κ3) is 1.43. The Morgan fingerprint density at radius 1 is 1.91 bits per heavy atom. The van der Waals surface area contributed by atoms with Crippen molar-refractivity contribution in [1.29, 1.82) is 0 Å². The van der Waals surface area contributed by atoms with Crippen LogP contribution in [0.3, 0.4) is 0 Å². The van der Waals surface area contributed by atoms with Crippen molar-refractivity contribution < 1.29 is 4.79 Å². The largest absolute Gasteiger partial charge is 0.279 e. The van der Waals surface area contributed by atoms with Crippen LogP contribution < -0.4 is 0 Å². The highest BCUT2D eigenvalue weighted by atomic mass is 127. The van der Waals surface area contributed by atoms with Crippen LogP contribution in [-0.4, -0.2) is 15.6 Å². The zero-order valence-corrected chi connectivity index (χ0v) is 7.99. The van der Waals surface area contributed by atoms with Gasteiger partial charge in [-0.3, -0.25) is 9.48 Å². The van der Waals surface area contributed by atoms with Crippen LogP contribution in [-0.2, 0) is 7.05 Å². The van der Waals surface area contributed by atoms with E-state index >= 15 is 0 Å². The SMILES string of the molecule is C#CC(=O)c1cnn(C)c1I. The topological polar surface area (TPSA) is 34.9 Å². The van der Waals surface area contributed by atoms with Gasteiger partial charge >= 0.3 is 0 Å². The average Bonchev–Trinajstić information content (AvgIpc) is 2.32. The lowest BCUT2D eigenvalue weighted by molar-refractivity contribution is 0.105. The first-order valence-corrected chi connectivity index (χ1v) is 3.93. The number of carbonyl (C=O) groups excluding carboxylic acids is 1. The fourth-order valence-electron chi connectivity index (χ4n) is 0.653. The van der Waals surface area contributed by atoms with E-state index in [9.17, 15) is 4.79 Å². The van der Waals surface area contributed by atoms with Gasteiger partial charge in [-0.2, -0.15) is 5.10 Å². The van der Waals surface area contributed by atoms with Crippen LogP contribution in [0.4, 0.5) is 0 Å². The maximum absolute atomic E-state index is 11.0. The summed E-state index contributed by atoms with van der Waals surface area (Å²) >= 11 is 2.02. The van der Waals surface area contributed by atoms with Crippen molar-refractivity contribution in [2.24, 2.45) is 7.05 Å². The van der Waals surface area contributed by atoms with Crippen molar-refractivity contribution in [3.8, 4) is 12.3 Å². The van der Waals surface area contributed by atoms with Crippen molar-refractivity contribution in [1.82, 2.24) is 9.78 Å². The molecule has 0 aliphatic rings. The fourth-order valence-corrected chi connectivity index (χ4v) is 1.16. The van der Waals surface area contributed by atoms with Gasteiger partial charge in [-0.05, 0) is 28.5 Å². The molecule has 0 unspecified atom stereocenters. The molecule has 0 aliphatic heterocycles. The Hall–Kier alpha value is -0.830. The van der Waals surface area contributed by atoms with E-state index < -0.39 is 0 Å². The molecule has 0 aromatic carbocycles. The molecule has 1 heterocycles. The van der Waals surface area contributed by atoms with E-state index in [1.165, 1.54) is 6.20 Å². The molecule has 0 amide bonds. The van der Waals surface area contributed by atoms with Crippen LogP contribution in [0.2, 0.25) is 0 Å². The molecule has 0 aliphatic carbocycles. The third-order valence-corrected chi connectivity index (χ3v) is 2.52. The molecule has 0 saturated carbocycles. The number of aromatic nitrogens is 2. The van der Waals surface area contributed by atoms with Gasteiger partial charge in [0.1, 0.15) is 3.70 Å². The number of halogens is 1. The van der Waals surface area contributed by atoms with Gasteiger partial charge in [-0.25, -0.2) is 0 Å². The van der Waals surface area contributed by atoms with Crippen LogP contribution in [0.5, 0.6) is 0 Å². The van der Waals surface area contributed by atoms with Crippen molar-refractivity contribution >= 4 is 28.4 Å². The average molecular weight is 260 g/mol. The smallest absolute Gasteiger partial charge is 0.239 e. The van der Waals surface area contributed by atoms with E-state index in [4.69, 9.17) is 6.42 Å². The van der Waals surface area contributed by atoms with Crippen molar-refractivity contribution in [3.05, 3.63) is 15.5 Å². The second-order valence-electron chi connectivity index (χ2n) is 1.95. The molecule has 0 spiro atoms. The van der Waals surface area contributed by atoms with Crippen molar-refractivity contribution in [3.63, 3.8) is 0 Å². The third-order valence-electron chi connectivity index (χ3n) is 1.24. The number of nitrogens with zero attached hydrogens (tertiary/aromatic N) is 2. The first kappa shape index (κ1) is 8.27. The van der Waals surface area contributed by atoms with Gasteiger partial charge in [0.25, 0.3) is 0 Å². The molecule has 0 saturated heterocycles. The number of rotatable bonds is 1.